The third-order valence-corrected chi connectivity index (χ3v) is 4.08. The first-order valence-electron chi connectivity index (χ1n) is 9.58. The molecule has 4 heteroatoms. The van der Waals surface area contributed by atoms with Gasteiger partial charge in [-0.05, 0) is 31.4 Å². The van der Waals surface area contributed by atoms with Crippen LogP contribution in [0.4, 0.5) is 0 Å². The highest BCUT2D eigenvalue weighted by Crippen LogP contribution is 2.25. The van der Waals surface area contributed by atoms with E-state index in [0.717, 1.165) is 56.9 Å². The van der Waals surface area contributed by atoms with Crippen LogP contribution in [0.25, 0.3) is 0 Å². The lowest BCUT2D eigenvalue weighted by Gasteiger charge is -2.10. The van der Waals surface area contributed by atoms with E-state index >= 15 is 0 Å². The number of carbonyl (C=O) groups excluding carboxylic acids is 2. The molecule has 0 saturated heterocycles. The van der Waals surface area contributed by atoms with Gasteiger partial charge in [-0.25, -0.2) is 0 Å². The summed E-state index contributed by atoms with van der Waals surface area (Å²) >= 11 is 0. The van der Waals surface area contributed by atoms with Crippen molar-refractivity contribution >= 4 is 11.9 Å². The smallest absolute Gasteiger partial charge is 0.311 e. The minimum atomic E-state index is -0.239. The maximum atomic E-state index is 11.9. The van der Waals surface area contributed by atoms with Gasteiger partial charge in [0.25, 0.3) is 0 Å². The summed E-state index contributed by atoms with van der Waals surface area (Å²) in [7, 11) is 0. The highest BCUT2D eigenvalue weighted by Gasteiger charge is 2.11. The Labute approximate surface area is 151 Å². The van der Waals surface area contributed by atoms with Crippen molar-refractivity contribution in [2.24, 2.45) is 0 Å². The zero-order valence-electron chi connectivity index (χ0n) is 15.9. The maximum Gasteiger partial charge on any atom is 0.311 e. The molecule has 0 aromatic heterocycles. The van der Waals surface area contributed by atoms with Crippen LogP contribution in [-0.4, -0.2) is 11.9 Å². The lowest BCUT2D eigenvalue weighted by Crippen LogP contribution is -2.10. The van der Waals surface area contributed by atoms with Crippen molar-refractivity contribution < 1.29 is 19.1 Å². The molecule has 0 spiro atoms. The number of benzene rings is 1. The molecular formula is C21H32O4. The second-order valence-electron chi connectivity index (χ2n) is 6.50. The summed E-state index contributed by atoms with van der Waals surface area (Å²) in [5.41, 5.74) is 0.852. The van der Waals surface area contributed by atoms with Crippen molar-refractivity contribution in [1.82, 2.24) is 0 Å². The molecule has 4 nitrogen and oxygen atoms in total. The first kappa shape index (κ1) is 21.2. The number of carbonyl (C=O) groups is 2. The third kappa shape index (κ3) is 9.28. The van der Waals surface area contributed by atoms with Gasteiger partial charge in [-0.1, -0.05) is 58.4 Å². The van der Waals surface area contributed by atoms with Crippen LogP contribution in [-0.2, 0) is 9.59 Å². The van der Waals surface area contributed by atoms with Crippen LogP contribution in [0.3, 0.4) is 0 Å². The monoisotopic (exact) mass is 348 g/mol. The van der Waals surface area contributed by atoms with Crippen molar-refractivity contribution in [1.29, 1.82) is 0 Å². The fourth-order valence-corrected chi connectivity index (χ4v) is 2.50. The van der Waals surface area contributed by atoms with Gasteiger partial charge in [0.05, 0.1) is 0 Å². The van der Waals surface area contributed by atoms with Gasteiger partial charge in [0, 0.05) is 18.9 Å². The standard InChI is InChI=1S/C21H32O4/c1-4-6-8-10-12-20(22)24-18-15-14-17(3)19(16-18)25-21(23)13-11-9-7-5-2/h14-16H,4-13H2,1-3H3. The van der Waals surface area contributed by atoms with Crippen molar-refractivity contribution in [3.63, 3.8) is 0 Å². The van der Waals surface area contributed by atoms with Gasteiger partial charge < -0.3 is 9.47 Å². The Hall–Kier alpha value is -1.84. The molecule has 0 atom stereocenters. The molecule has 1 aromatic rings. The van der Waals surface area contributed by atoms with E-state index in [0.29, 0.717) is 24.3 Å². The van der Waals surface area contributed by atoms with E-state index in [9.17, 15) is 9.59 Å². The fourth-order valence-electron chi connectivity index (χ4n) is 2.50. The van der Waals surface area contributed by atoms with Crippen molar-refractivity contribution in [2.45, 2.75) is 85.0 Å². The normalized spacial score (nSPS) is 10.5. The lowest BCUT2D eigenvalue weighted by atomic mass is 10.1. The molecule has 25 heavy (non-hydrogen) atoms. The molecule has 1 rings (SSSR count). The van der Waals surface area contributed by atoms with Crippen molar-refractivity contribution in [3.8, 4) is 11.5 Å². The molecule has 1 aromatic carbocycles. The summed E-state index contributed by atoms with van der Waals surface area (Å²) in [6, 6.07) is 5.17. The van der Waals surface area contributed by atoms with E-state index in [4.69, 9.17) is 9.47 Å². The molecule has 0 aliphatic heterocycles. The number of rotatable bonds is 12. The number of ether oxygens (including phenoxy) is 2. The Bertz CT molecular complexity index is 537. The minimum Gasteiger partial charge on any atom is -0.426 e. The first-order valence-corrected chi connectivity index (χ1v) is 9.58. The number of unbranched alkanes of at least 4 members (excludes halogenated alkanes) is 6. The SMILES string of the molecule is CCCCCCC(=O)Oc1ccc(C)c(OC(=O)CCCCCC)c1. The van der Waals surface area contributed by atoms with Gasteiger partial charge in [0.2, 0.25) is 0 Å². The third-order valence-electron chi connectivity index (χ3n) is 4.08. The topological polar surface area (TPSA) is 52.6 Å². The van der Waals surface area contributed by atoms with E-state index in [1.54, 1.807) is 18.2 Å². The molecule has 0 bridgehead atoms. The highest BCUT2D eigenvalue weighted by atomic mass is 16.5. The van der Waals surface area contributed by atoms with Crippen LogP contribution < -0.4 is 9.47 Å². The van der Waals surface area contributed by atoms with Crippen LogP contribution in [0, 0.1) is 6.92 Å². The van der Waals surface area contributed by atoms with E-state index in [1.165, 1.54) is 0 Å². The molecule has 0 aliphatic rings. The second-order valence-corrected chi connectivity index (χ2v) is 6.50. The van der Waals surface area contributed by atoms with Crippen LogP contribution in [0.2, 0.25) is 0 Å². The Morgan fingerprint density at radius 1 is 0.800 bits per heavy atom. The molecule has 0 unspecified atom stereocenters. The summed E-state index contributed by atoms with van der Waals surface area (Å²) in [6.07, 6.45) is 9.16. The molecule has 0 radical (unpaired) electrons. The van der Waals surface area contributed by atoms with E-state index in [-0.39, 0.29) is 11.9 Å². The Morgan fingerprint density at radius 3 is 1.92 bits per heavy atom. The molecule has 0 heterocycles. The predicted octanol–water partition coefficient (Wildman–Crippen LogP) is 5.75. The van der Waals surface area contributed by atoms with E-state index in [2.05, 4.69) is 13.8 Å². The Morgan fingerprint density at radius 2 is 1.36 bits per heavy atom. The molecule has 0 fully saturated rings. The zero-order valence-corrected chi connectivity index (χ0v) is 15.9. The molecule has 0 N–H and O–H groups in total. The number of hydrogen-bond donors (Lipinski definition) is 0. The number of aryl methyl sites for hydroxylation is 1. The molecular weight excluding hydrogens is 316 g/mol. The van der Waals surface area contributed by atoms with Gasteiger partial charge in [0.15, 0.2) is 0 Å². The summed E-state index contributed by atoms with van der Waals surface area (Å²) in [5, 5.41) is 0. The summed E-state index contributed by atoms with van der Waals surface area (Å²) in [5.74, 6) is 0.427. The van der Waals surface area contributed by atoms with Crippen LogP contribution >= 0.6 is 0 Å². The highest BCUT2D eigenvalue weighted by molar-refractivity contribution is 5.74. The number of hydrogen-bond acceptors (Lipinski definition) is 4. The van der Waals surface area contributed by atoms with Crippen molar-refractivity contribution in [3.05, 3.63) is 23.8 Å². The average molecular weight is 348 g/mol. The second kappa shape index (κ2) is 12.5. The summed E-state index contributed by atoms with van der Waals surface area (Å²) in [6.45, 7) is 6.14. The van der Waals surface area contributed by atoms with E-state index in [1.807, 2.05) is 6.92 Å². The Balaban J connectivity index is 2.49. The van der Waals surface area contributed by atoms with Crippen molar-refractivity contribution in [2.75, 3.05) is 0 Å². The van der Waals surface area contributed by atoms with Gasteiger partial charge in [-0.3, -0.25) is 9.59 Å². The van der Waals surface area contributed by atoms with Gasteiger partial charge in [-0.2, -0.15) is 0 Å². The summed E-state index contributed by atoms with van der Waals surface area (Å²) < 4.78 is 10.8. The molecule has 0 aliphatic carbocycles. The summed E-state index contributed by atoms with van der Waals surface area (Å²) in [4.78, 5) is 23.8. The van der Waals surface area contributed by atoms with Crippen LogP contribution in [0.1, 0.15) is 83.6 Å². The van der Waals surface area contributed by atoms with Crippen LogP contribution in [0.5, 0.6) is 11.5 Å². The lowest BCUT2D eigenvalue weighted by molar-refractivity contribution is -0.135. The first-order chi connectivity index (χ1) is 12.1. The zero-order chi connectivity index (χ0) is 18.5. The molecule has 140 valence electrons. The quantitative estimate of drug-likeness (QED) is 0.274. The fraction of sp³-hybridized carbons (Fsp3) is 0.619. The number of esters is 2. The predicted molar refractivity (Wildman–Crippen MR) is 100.0 cm³/mol. The molecule has 0 amide bonds. The largest absolute Gasteiger partial charge is 0.426 e. The van der Waals surface area contributed by atoms with Crippen LogP contribution in [0.15, 0.2) is 18.2 Å². The average Bonchev–Trinajstić information content (AvgIpc) is 2.58. The van der Waals surface area contributed by atoms with Gasteiger partial charge in [-0.15, -0.1) is 0 Å². The molecule has 0 saturated carbocycles. The van der Waals surface area contributed by atoms with Gasteiger partial charge >= 0.3 is 11.9 Å². The van der Waals surface area contributed by atoms with E-state index < -0.39 is 0 Å². The Kier molecular flexibility index (Phi) is 10.6. The minimum absolute atomic E-state index is 0.234. The maximum absolute atomic E-state index is 11.9. The van der Waals surface area contributed by atoms with Gasteiger partial charge in [0.1, 0.15) is 11.5 Å².